The number of hydrogen-bond donors (Lipinski definition) is 0. The second-order valence-corrected chi connectivity index (χ2v) is 11.6. The van der Waals surface area contributed by atoms with E-state index in [-0.39, 0.29) is 0 Å². The van der Waals surface area contributed by atoms with Crippen LogP contribution in [0, 0.1) is 0 Å². The summed E-state index contributed by atoms with van der Waals surface area (Å²) >= 11 is 0. The molecular weight excluding hydrogens is 196 g/mol. The molecule has 0 N–H and O–H groups in total. The van der Waals surface area contributed by atoms with E-state index in [1.807, 2.05) is 0 Å². The Labute approximate surface area is 95.7 Å². The van der Waals surface area contributed by atoms with Crippen LogP contribution in [0.5, 0.6) is 0 Å². The van der Waals surface area contributed by atoms with E-state index in [1.54, 1.807) is 0 Å². The molecule has 0 aliphatic rings. The minimum Gasteiger partial charge on any atom is -0.0695 e. The molecule has 0 atom stereocenters. The van der Waals surface area contributed by atoms with Crippen molar-refractivity contribution in [3.8, 4) is 0 Å². The third-order valence-electron chi connectivity index (χ3n) is 2.81. The van der Waals surface area contributed by atoms with Gasteiger partial charge in [-0.15, -0.1) is 0 Å². The highest BCUT2D eigenvalue weighted by molar-refractivity contribution is 6.76. The molecule has 0 aliphatic heterocycles. The maximum absolute atomic E-state index is 2.44. The summed E-state index contributed by atoms with van der Waals surface area (Å²) in [4.78, 5) is 0. The van der Waals surface area contributed by atoms with Gasteiger partial charge in [-0.1, -0.05) is 63.8 Å². The van der Waals surface area contributed by atoms with E-state index in [0.717, 1.165) is 0 Å². The minimum absolute atomic E-state index is 0.649. The lowest BCUT2D eigenvalue weighted by Crippen LogP contribution is -2.19. The first-order valence-electron chi connectivity index (χ1n) is 5.97. The van der Waals surface area contributed by atoms with E-state index in [0.29, 0.717) is 5.92 Å². The van der Waals surface area contributed by atoms with E-state index in [4.69, 9.17) is 0 Å². The molecule has 0 aliphatic carbocycles. The van der Waals surface area contributed by atoms with Crippen LogP contribution in [-0.2, 0) is 6.42 Å². The summed E-state index contributed by atoms with van der Waals surface area (Å²) in [6.07, 6.45) is 1.26. The van der Waals surface area contributed by atoms with Crippen LogP contribution in [0.3, 0.4) is 0 Å². The normalized spacial score (nSPS) is 12.1. The standard InChI is InChI=1S/C14H24Si/c1-12(2)14-8-6-13(7-9-14)10-11-15(3,4)5/h6-9,12H,10-11H2,1-5H3. The third-order valence-corrected chi connectivity index (χ3v) is 4.56. The summed E-state index contributed by atoms with van der Waals surface area (Å²) in [5, 5.41) is 0. The lowest BCUT2D eigenvalue weighted by atomic mass is 10.0. The molecule has 0 heterocycles. The Morgan fingerprint density at radius 2 is 1.53 bits per heavy atom. The fourth-order valence-electron chi connectivity index (χ4n) is 1.59. The number of aryl methyl sites for hydroxylation is 1. The molecule has 0 nitrogen and oxygen atoms in total. The molecule has 84 valence electrons. The topological polar surface area (TPSA) is 0 Å². The molecule has 15 heavy (non-hydrogen) atoms. The first-order valence-corrected chi connectivity index (χ1v) is 9.68. The Hall–Kier alpha value is -0.563. The van der Waals surface area contributed by atoms with Gasteiger partial charge in [0.15, 0.2) is 0 Å². The van der Waals surface area contributed by atoms with E-state index >= 15 is 0 Å². The van der Waals surface area contributed by atoms with Crippen LogP contribution in [-0.4, -0.2) is 8.07 Å². The van der Waals surface area contributed by atoms with Gasteiger partial charge < -0.3 is 0 Å². The zero-order valence-electron chi connectivity index (χ0n) is 10.8. The molecule has 1 aromatic rings. The van der Waals surface area contributed by atoms with E-state index in [9.17, 15) is 0 Å². The molecular formula is C14H24Si. The van der Waals surface area contributed by atoms with Crippen molar-refractivity contribution in [2.24, 2.45) is 0 Å². The average Bonchev–Trinajstić information content (AvgIpc) is 2.14. The Morgan fingerprint density at radius 3 is 1.93 bits per heavy atom. The van der Waals surface area contributed by atoms with Gasteiger partial charge >= 0.3 is 0 Å². The molecule has 0 bridgehead atoms. The Bertz CT molecular complexity index is 290. The average molecular weight is 220 g/mol. The van der Waals surface area contributed by atoms with Gasteiger partial charge in [0.25, 0.3) is 0 Å². The van der Waals surface area contributed by atoms with Crippen molar-refractivity contribution in [1.29, 1.82) is 0 Å². The lowest BCUT2D eigenvalue weighted by Gasteiger charge is -2.15. The predicted octanol–water partition coefficient (Wildman–Crippen LogP) is 4.69. The van der Waals surface area contributed by atoms with Gasteiger partial charge in [0.05, 0.1) is 0 Å². The monoisotopic (exact) mass is 220 g/mol. The van der Waals surface area contributed by atoms with Crippen molar-refractivity contribution in [3.63, 3.8) is 0 Å². The molecule has 0 radical (unpaired) electrons. The maximum atomic E-state index is 2.44. The zero-order valence-corrected chi connectivity index (χ0v) is 11.8. The van der Waals surface area contributed by atoms with Crippen molar-refractivity contribution in [2.45, 2.75) is 51.9 Å². The van der Waals surface area contributed by atoms with Gasteiger partial charge in [-0.05, 0) is 23.5 Å². The quantitative estimate of drug-likeness (QED) is 0.646. The molecule has 0 unspecified atom stereocenters. The largest absolute Gasteiger partial charge is 0.0695 e. The highest BCUT2D eigenvalue weighted by Gasteiger charge is 2.12. The van der Waals surface area contributed by atoms with Crippen molar-refractivity contribution < 1.29 is 0 Å². The fourth-order valence-corrected chi connectivity index (χ4v) is 2.63. The number of benzene rings is 1. The van der Waals surface area contributed by atoms with E-state index in [1.165, 1.54) is 23.6 Å². The molecule has 0 spiro atoms. The van der Waals surface area contributed by atoms with Crippen molar-refractivity contribution in [2.75, 3.05) is 0 Å². The number of hydrogen-bond acceptors (Lipinski definition) is 0. The van der Waals surface area contributed by atoms with E-state index in [2.05, 4.69) is 57.8 Å². The van der Waals surface area contributed by atoms with Crippen molar-refractivity contribution >= 4 is 8.07 Å². The molecule has 0 aromatic heterocycles. The summed E-state index contributed by atoms with van der Waals surface area (Å²) in [5.41, 5.74) is 2.95. The van der Waals surface area contributed by atoms with Gasteiger partial charge in [-0.2, -0.15) is 0 Å². The SMILES string of the molecule is CC(C)c1ccc(CC[Si](C)(C)C)cc1. The minimum atomic E-state index is -0.875. The first kappa shape index (κ1) is 12.5. The Kier molecular flexibility index (Phi) is 4.15. The summed E-state index contributed by atoms with van der Waals surface area (Å²) in [6.45, 7) is 11.8. The highest BCUT2D eigenvalue weighted by Crippen LogP contribution is 2.17. The molecule has 0 amide bonds. The fraction of sp³-hybridized carbons (Fsp3) is 0.571. The smallest absolute Gasteiger partial charge is 0.0445 e. The van der Waals surface area contributed by atoms with Gasteiger partial charge in [0.1, 0.15) is 0 Å². The summed E-state index contributed by atoms with van der Waals surface area (Å²) in [6, 6.07) is 10.6. The van der Waals surface area contributed by atoms with E-state index < -0.39 is 8.07 Å². The second kappa shape index (κ2) is 4.98. The van der Waals surface area contributed by atoms with Crippen LogP contribution in [0.1, 0.15) is 30.9 Å². The third kappa shape index (κ3) is 4.65. The molecule has 1 aromatic carbocycles. The molecule has 1 rings (SSSR count). The second-order valence-electron chi connectivity index (χ2n) is 5.96. The zero-order chi connectivity index (χ0) is 11.5. The van der Waals surface area contributed by atoms with Crippen LogP contribution in [0.15, 0.2) is 24.3 Å². The van der Waals surface area contributed by atoms with Crippen LogP contribution in [0.4, 0.5) is 0 Å². The lowest BCUT2D eigenvalue weighted by molar-refractivity contribution is 0.865. The van der Waals surface area contributed by atoms with Gasteiger partial charge in [-0.25, -0.2) is 0 Å². The molecule has 0 fully saturated rings. The summed E-state index contributed by atoms with van der Waals surface area (Å²) in [7, 11) is -0.875. The number of rotatable bonds is 4. The molecule has 0 saturated carbocycles. The highest BCUT2D eigenvalue weighted by atomic mass is 28.3. The van der Waals surface area contributed by atoms with Crippen LogP contribution >= 0.6 is 0 Å². The Morgan fingerprint density at radius 1 is 1.00 bits per heavy atom. The van der Waals surface area contributed by atoms with Crippen LogP contribution in [0.25, 0.3) is 0 Å². The molecule has 0 saturated heterocycles. The predicted molar refractivity (Wildman–Crippen MR) is 72.4 cm³/mol. The molecule has 1 heteroatoms. The van der Waals surface area contributed by atoms with Gasteiger partial charge in [0.2, 0.25) is 0 Å². The van der Waals surface area contributed by atoms with Crippen LogP contribution in [0.2, 0.25) is 25.7 Å². The summed E-state index contributed by atoms with van der Waals surface area (Å²) in [5.74, 6) is 0.649. The maximum Gasteiger partial charge on any atom is 0.0445 e. The summed E-state index contributed by atoms with van der Waals surface area (Å²) < 4.78 is 0. The van der Waals surface area contributed by atoms with Crippen LogP contribution < -0.4 is 0 Å². The Balaban J connectivity index is 2.57. The van der Waals surface area contributed by atoms with Crippen molar-refractivity contribution in [3.05, 3.63) is 35.4 Å². The first-order chi connectivity index (χ1) is 6.88. The van der Waals surface area contributed by atoms with Crippen molar-refractivity contribution in [1.82, 2.24) is 0 Å². The van der Waals surface area contributed by atoms with Gasteiger partial charge in [0, 0.05) is 8.07 Å². The van der Waals surface area contributed by atoms with Gasteiger partial charge in [-0.3, -0.25) is 0 Å².